The van der Waals surface area contributed by atoms with E-state index in [1.54, 1.807) is 23.2 Å². The molecule has 0 radical (unpaired) electrons. The van der Waals surface area contributed by atoms with Crippen LogP contribution in [0.25, 0.3) is 0 Å². The average Bonchev–Trinajstić information content (AvgIpc) is 2.94. The van der Waals surface area contributed by atoms with Gasteiger partial charge in [-0.15, -0.1) is 0 Å². The van der Waals surface area contributed by atoms with Gasteiger partial charge in [-0.1, -0.05) is 13.8 Å². The maximum absolute atomic E-state index is 12.7. The van der Waals surface area contributed by atoms with Gasteiger partial charge in [0.25, 0.3) is 5.91 Å². The van der Waals surface area contributed by atoms with E-state index in [9.17, 15) is 14.7 Å². The van der Waals surface area contributed by atoms with Crippen molar-refractivity contribution in [3.05, 3.63) is 23.9 Å². The van der Waals surface area contributed by atoms with Crippen LogP contribution in [0.4, 0.5) is 0 Å². The van der Waals surface area contributed by atoms with E-state index in [4.69, 9.17) is 4.74 Å². The van der Waals surface area contributed by atoms with Crippen molar-refractivity contribution in [2.45, 2.75) is 27.2 Å². The summed E-state index contributed by atoms with van der Waals surface area (Å²) in [6.07, 6.45) is 2.04. The van der Waals surface area contributed by atoms with Crippen molar-refractivity contribution in [1.82, 2.24) is 9.88 Å². The number of carbonyl (C=O) groups excluding carboxylic acids is 1. The fourth-order valence-electron chi connectivity index (χ4n) is 2.87. The molecular formula is C16H22N2O4. The third-order valence-electron chi connectivity index (χ3n) is 4.40. The predicted octanol–water partition coefficient (Wildman–Crippen LogP) is 2.05. The van der Waals surface area contributed by atoms with E-state index in [2.05, 4.69) is 4.98 Å². The lowest BCUT2D eigenvalue weighted by atomic mass is 9.76. The van der Waals surface area contributed by atoms with Gasteiger partial charge in [0, 0.05) is 19.3 Å². The van der Waals surface area contributed by atoms with Crippen molar-refractivity contribution in [3.63, 3.8) is 0 Å². The van der Waals surface area contributed by atoms with Crippen LogP contribution < -0.4 is 4.74 Å². The first-order valence-electron chi connectivity index (χ1n) is 7.53. The van der Waals surface area contributed by atoms with Crippen LogP contribution in [-0.2, 0) is 4.79 Å². The molecule has 0 bridgehead atoms. The Balaban J connectivity index is 2.24. The van der Waals surface area contributed by atoms with E-state index in [1.807, 2.05) is 20.8 Å². The quantitative estimate of drug-likeness (QED) is 0.900. The van der Waals surface area contributed by atoms with Gasteiger partial charge in [-0.2, -0.15) is 0 Å². The average molecular weight is 306 g/mol. The highest BCUT2D eigenvalue weighted by Crippen LogP contribution is 2.39. The molecule has 1 aliphatic rings. The Hall–Kier alpha value is -2.11. The number of carboxylic acid groups (broad SMARTS) is 1. The summed E-state index contributed by atoms with van der Waals surface area (Å²) >= 11 is 0. The van der Waals surface area contributed by atoms with Crippen LogP contribution >= 0.6 is 0 Å². The molecule has 120 valence electrons. The number of likely N-dealkylation sites (tertiary alicyclic amines) is 1. The Morgan fingerprint density at radius 2 is 2.23 bits per heavy atom. The molecule has 1 aliphatic heterocycles. The molecule has 1 unspecified atom stereocenters. The van der Waals surface area contributed by atoms with Gasteiger partial charge in [0.05, 0.1) is 12.0 Å². The molecule has 1 amide bonds. The zero-order chi connectivity index (χ0) is 16.3. The predicted molar refractivity (Wildman–Crippen MR) is 80.8 cm³/mol. The minimum atomic E-state index is -0.871. The Kier molecular flexibility index (Phi) is 4.68. The van der Waals surface area contributed by atoms with E-state index >= 15 is 0 Å². The number of rotatable bonds is 5. The Morgan fingerprint density at radius 1 is 1.50 bits per heavy atom. The number of aromatic nitrogens is 1. The van der Waals surface area contributed by atoms with Crippen molar-refractivity contribution in [2.24, 2.45) is 11.3 Å². The van der Waals surface area contributed by atoms with E-state index in [0.29, 0.717) is 31.0 Å². The van der Waals surface area contributed by atoms with Gasteiger partial charge in [-0.25, -0.2) is 4.98 Å². The highest BCUT2D eigenvalue weighted by molar-refractivity contribution is 5.97. The Morgan fingerprint density at radius 3 is 2.77 bits per heavy atom. The standard InChI is InChI=1S/C16H22N2O4/c1-4-22-13-12(6-5-8-17-13)14(19)18-9-7-16(10-18,11(2)3)15(20)21/h5-6,8,11H,4,7,9-10H2,1-3H3,(H,20,21). The summed E-state index contributed by atoms with van der Waals surface area (Å²) in [5.74, 6) is -0.801. The molecule has 2 heterocycles. The molecule has 1 aromatic heterocycles. The molecule has 6 nitrogen and oxygen atoms in total. The summed E-state index contributed by atoms with van der Waals surface area (Å²) in [6, 6.07) is 3.34. The van der Waals surface area contributed by atoms with Gasteiger partial charge in [0.1, 0.15) is 5.56 Å². The molecule has 1 fully saturated rings. The zero-order valence-electron chi connectivity index (χ0n) is 13.2. The second-order valence-electron chi connectivity index (χ2n) is 5.88. The molecule has 1 N–H and O–H groups in total. The summed E-state index contributed by atoms with van der Waals surface area (Å²) < 4.78 is 5.39. The van der Waals surface area contributed by atoms with Gasteiger partial charge in [0.2, 0.25) is 5.88 Å². The van der Waals surface area contributed by atoms with Crippen LogP contribution in [0.5, 0.6) is 5.88 Å². The summed E-state index contributed by atoms with van der Waals surface area (Å²) in [7, 11) is 0. The molecule has 0 spiro atoms. The monoisotopic (exact) mass is 306 g/mol. The minimum Gasteiger partial charge on any atom is -0.481 e. The van der Waals surface area contributed by atoms with Crippen molar-refractivity contribution < 1.29 is 19.4 Å². The van der Waals surface area contributed by atoms with E-state index in [1.165, 1.54) is 0 Å². The van der Waals surface area contributed by atoms with Gasteiger partial charge < -0.3 is 14.7 Å². The maximum Gasteiger partial charge on any atom is 0.311 e. The van der Waals surface area contributed by atoms with E-state index in [-0.39, 0.29) is 18.4 Å². The van der Waals surface area contributed by atoms with Crippen molar-refractivity contribution >= 4 is 11.9 Å². The number of nitrogens with zero attached hydrogens (tertiary/aromatic N) is 2. The molecule has 1 saturated heterocycles. The van der Waals surface area contributed by atoms with Crippen LogP contribution in [0, 0.1) is 11.3 Å². The summed E-state index contributed by atoms with van der Waals surface area (Å²) in [6.45, 7) is 6.67. The topological polar surface area (TPSA) is 79.7 Å². The Labute approximate surface area is 130 Å². The van der Waals surface area contributed by atoms with Gasteiger partial charge in [-0.3, -0.25) is 9.59 Å². The minimum absolute atomic E-state index is 0.0388. The van der Waals surface area contributed by atoms with Crippen molar-refractivity contribution in [3.8, 4) is 5.88 Å². The summed E-state index contributed by atoms with van der Waals surface area (Å²) in [4.78, 5) is 30.0. The summed E-state index contributed by atoms with van der Waals surface area (Å²) in [5.41, 5.74) is -0.488. The fourth-order valence-corrected chi connectivity index (χ4v) is 2.87. The highest BCUT2D eigenvalue weighted by Gasteiger charge is 2.48. The number of hydrogen-bond donors (Lipinski definition) is 1. The third kappa shape index (κ3) is 2.77. The van der Waals surface area contributed by atoms with E-state index in [0.717, 1.165) is 0 Å². The molecular weight excluding hydrogens is 284 g/mol. The van der Waals surface area contributed by atoms with Crippen LogP contribution in [0.15, 0.2) is 18.3 Å². The smallest absolute Gasteiger partial charge is 0.311 e. The molecule has 0 aliphatic carbocycles. The molecule has 2 rings (SSSR count). The van der Waals surface area contributed by atoms with Crippen LogP contribution in [0.3, 0.4) is 0 Å². The number of carbonyl (C=O) groups is 2. The molecule has 0 aromatic carbocycles. The highest BCUT2D eigenvalue weighted by atomic mass is 16.5. The lowest BCUT2D eigenvalue weighted by Crippen LogP contribution is -2.40. The second kappa shape index (κ2) is 6.34. The number of pyridine rings is 1. The SMILES string of the molecule is CCOc1ncccc1C(=O)N1CCC(C(=O)O)(C(C)C)C1. The summed E-state index contributed by atoms with van der Waals surface area (Å²) in [5, 5.41) is 9.57. The molecule has 1 atom stereocenters. The van der Waals surface area contributed by atoms with Gasteiger partial charge in [0.15, 0.2) is 0 Å². The van der Waals surface area contributed by atoms with Crippen molar-refractivity contribution in [2.75, 3.05) is 19.7 Å². The lowest BCUT2D eigenvalue weighted by Gasteiger charge is -2.28. The lowest BCUT2D eigenvalue weighted by molar-refractivity contribution is -0.150. The fraction of sp³-hybridized carbons (Fsp3) is 0.562. The second-order valence-corrected chi connectivity index (χ2v) is 5.88. The first-order chi connectivity index (χ1) is 10.4. The molecule has 1 aromatic rings. The number of amides is 1. The largest absolute Gasteiger partial charge is 0.481 e. The number of aliphatic carboxylic acids is 1. The normalized spacial score (nSPS) is 21.2. The maximum atomic E-state index is 12.7. The third-order valence-corrected chi connectivity index (χ3v) is 4.40. The van der Waals surface area contributed by atoms with Gasteiger partial charge in [-0.05, 0) is 31.4 Å². The number of hydrogen-bond acceptors (Lipinski definition) is 4. The van der Waals surface area contributed by atoms with Crippen LogP contribution in [0.1, 0.15) is 37.6 Å². The number of ether oxygens (including phenoxy) is 1. The first kappa shape index (κ1) is 16.3. The van der Waals surface area contributed by atoms with E-state index < -0.39 is 11.4 Å². The Bertz CT molecular complexity index is 573. The molecule has 6 heteroatoms. The zero-order valence-corrected chi connectivity index (χ0v) is 13.2. The molecule has 0 saturated carbocycles. The van der Waals surface area contributed by atoms with Crippen LogP contribution in [0.2, 0.25) is 0 Å². The van der Waals surface area contributed by atoms with Crippen molar-refractivity contribution in [1.29, 1.82) is 0 Å². The molecule has 22 heavy (non-hydrogen) atoms. The first-order valence-corrected chi connectivity index (χ1v) is 7.53. The van der Waals surface area contributed by atoms with Gasteiger partial charge >= 0.3 is 5.97 Å². The number of carboxylic acids is 1. The van der Waals surface area contributed by atoms with Crippen LogP contribution in [-0.4, -0.2) is 46.6 Å².